The molecule has 1 unspecified atom stereocenters. The van der Waals surface area contributed by atoms with Gasteiger partial charge in [0.1, 0.15) is 17.4 Å². The highest BCUT2D eigenvalue weighted by Gasteiger charge is 2.36. The minimum atomic E-state index is -4.75. The van der Waals surface area contributed by atoms with E-state index < -0.39 is 24.1 Å². The number of rotatable bonds is 5. The third kappa shape index (κ3) is 7.10. The summed E-state index contributed by atoms with van der Waals surface area (Å²) >= 11 is 0. The average Bonchev–Trinajstić information content (AvgIpc) is 3.21. The van der Waals surface area contributed by atoms with Gasteiger partial charge in [-0.05, 0) is 75.6 Å². The Morgan fingerprint density at radius 2 is 1.85 bits per heavy atom. The lowest BCUT2D eigenvalue weighted by Crippen LogP contribution is -2.47. The van der Waals surface area contributed by atoms with Gasteiger partial charge in [-0.25, -0.2) is 4.79 Å². The molecule has 2 amide bonds. The van der Waals surface area contributed by atoms with Crippen molar-refractivity contribution in [2.75, 3.05) is 6.54 Å². The third-order valence-electron chi connectivity index (χ3n) is 4.86. The quantitative estimate of drug-likeness (QED) is 0.695. The predicted octanol–water partition coefficient (Wildman–Crippen LogP) is 4.66. The van der Waals surface area contributed by atoms with E-state index in [0.717, 1.165) is 5.56 Å². The van der Waals surface area contributed by atoms with Gasteiger partial charge in [0, 0.05) is 24.8 Å². The summed E-state index contributed by atoms with van der Waals surface area (Å²) in [4.78, 5) is 30.8. The van der Waals surface area contributed by atoms with Gasteiger partial charge in [0.2, 0.25) is 5.91 Å². The zero-order valence-electron chi connectivity index (χ0n) is 18.6. The maximum Gasteiger partial charge on any atom is 0.573 e. The van der Waals surface area contributed by atoms with Gasteiger partial charge in [0.25, 0.3) is 0 Å². The minimum Gasteiger partial charge on any atom is -0.444 e. The molecule has 1 aromatic heterocycles. The molecule has 7 nitrogen and oxygen atoms in total. The number of carbonyl (C=O) groups is 2. The largest absolute Gasteiger partial charge is 0.573 e. The molecule has 1 aromatic carbocycles. The SMILES string of the molecule is CC(C)(C)OC(=O)N1CCCC1C(=O)NCc1ccnc(-c2ccc(OC(F)(F)F)cc2)c1. The summed E-state index contributed by atoms with van der Waals surface area (Å²) in [7, 11) is 0. The molecule has 3 rings (SSSR count). The van der Waals surface area contributed by atoms with Gasteiger partial charge in [-0.1, -0.05) is 0 Å². The van der Waals surface area contributed by atoms with Crippen molar-refractivity contribution in [2.45, 2.75) is 58.2 Å². The molecule has 1 aliphatic heterocycles. The van der Waals surface area contributed by atoms with Crippen molar-refractivity contribution in [2.24, 2.45) is 0 Å². The van der Waals surface area contributed by atoms with E-state index in [9.17, 15) is 22.8 Å². The Balaban J connectivity index is 1.61. The molecule has 0 spiro atoms. The summed E-state index contributed by atoms with van der Waals surface area (Å²) in [6, 6.07) is 8.24. The monoisotopic (exact) mass is 465 g/mol. The highest BCUT2D eigenvalue weighted by molar-refractivity contribution is 5.86. The number of hydrogen-bond acceptors (Lipinski definition) is 5. The molecule has 1 N–H and O–H groups in total. The first-order chi connectivity index (χ1) is 15.4. The van der Waals surface area contributed by atoms with Crippen LogP contribution in [-0.4, -0.2) is 46.4 Å². The molecule has 178 valence electrons. The van der Waals surface area contributed by atoms with Crippen LogP contribution in [0.1, 0.15) is 39.2 Å². The van der Waals surface area contributed by atoms with Crippen molar-refractivity contribution in [3.8, 4) is 17.0 Å². The first-order valence-corrected chi connectivity index (χ1v) is 10.5. The van der Waals surface area contributed by atoms with Gasteiger partial charge < -0.3 is 14.8 Å². The molecule has 1 aliphatic rings. The maximum absolute atomic E-state index is 12.7. The maximum atomic E-state index is 12.7. The number of likely N-dealkylation sites (tertiary alicyclic amines) is 1. The molecule has 1 fully saturated rings. The number of benzene rings is 1. The zero-order valence-corrected chi connectivity index (χ0v) is 18.6. The van der Waals surface area contributed by atoms with Gasteiger partial charge in [0.15, 0.2) is 0 Å². The second-order valence-corrected chi connectivity index (χ2v) is 8.67. The minimum absolute atomic E-state index is 0.211. The van der Waals surface area contributed by atoms with Crippen LogP contribution >= 0.6 is 0 Å². The number of hydrogen-bond donors (Lipinski definition) is 1. The Hall–Kier alpha value is -3.30. The van der Waals surface area contributed by atoms with E-state index in [0.29, 0.717) is 30.6 Å². The highest BCUT2D eigenvalue weighted by atomic mass is 19.4. The molecule has 0 radical (unpaired) electrons. The number of pyridine rings is 1. The van der Waals surface area contributed by atoms with E-state index in [2.05, 4.69) is 15.0 Å². The number of alkyl halides is 3. The molecule has 33 heavy (non-hydrogen) atoms. The van der Waals surface area contributed by atoms with E-state index in [1.807, 2.05) is 0 Å². The molecular weight excluding hydrogens is 439 g/mol. The van der Waals surface area contributed by atoms with Gasteiger partial charge >= 0.3 is 12.5 Å². The third-order valence-corrected chi connectivity index (χ3v) is 4.86. The van der Waals surface area contributed by atoms with Crippen LogP contribution in [0, 0.1) is 0 Å². The Bertz CT molecular complexity index is 988. The van der Waals surface area contributed by atoms with E-state index in [1.54, 1.807) is 39.1 Å². The summed E-state index contributed by atoms with van der Waals surface area (Å²) in [5.41, 5.74) is 1.25. The highest BCUT2D eigenvalue weighted by Crippen LogP contribution is 2.26. The lowest BCUT2D eigenvalue weighted by molar-refractivity contribution is -0.274. The lowest BCUT2D eigenvalue weighted by atomic mass is 10.1. The van der Waals surface area contributed by atoms with Crippen molar-refractivity contribution in [3.63, 3.8) is 0 Å². The second-order valence-electron chi connectivity index (χ2n) is 8.67. The number of halogens is 3. The van der Waals surface area contributed by atoms with Crippen molar-refractivity contribution in [1.29, 1.82) is 0 Å². The summed E-state index contributed by atoms with van der Waals surface area (Å²) in [5.74, 6) is -0.592. The molecular formula is C23H26F3N3O4. The summed E-state index contributed by atoms with van der Waals surface area (Å²) in [6.45, 7) is 5.98. The normalized spacial score (nSPS) is 16.4. The molecule has 2 heterocycles. The molecule has 0 bridgehead atoms. The Labute approximate surface area is 189 Å². The topological polar surface area (TPSA) is 80.8 Å². The van der Waals surface area contributed by atoms with Crippen LogP contribution in [0.25, 0.3) is 11.3 Å². The smallest absolute Gasteiger partial charge is 0.444 e. The number of nitrogens with zero attached hydrogens (tertiary/aromatic N) is 2. The first-order valence-electron chi connectivity index (χ1n) is 10.5. The number of ether oxygens (including phenoxy) is 2. The summed E-state index contributed by atoms with van der Waals surface area (Å²) in [5, 5.41) is 2.84. The van der Waals surface area contributed by atoms with Crippen molar-refractivity contribution in [1.82, 2.24) is 15.2 Å². The van der Waals surface area contributed by atoms with E-state index >= 15 is 0 Å². The fourth-order valence-electron chi connectivity index (χ4n) is 3.45. The predicted molar refractivity (Wildman–Crippen MR) is 114 cm³/mol. The fourth-order valence-corrected chi connectivity index (χ4v) is 3.45. The fraction of sp³-hybridized carbons (Fsp3) is 0.435. The van der Waals surface area contributed by atoms with Gasteiger partial charge in [0.05, 0.1) is 5.69 Å². The molecule has 2 aromatic rings. The van der Waals surface area contributed by atoms with Crippen LogP contribution in [0.3, 0.4) is 0 Å². The average molecular weight is 465 g/mol. The molecule has 0 aliphatic carbocycles. The number of carbonyl (C=O) groups excluding carboxylic acids is 2. The van der Waals surface area contributed by atoms with Gasteiger partial charge in [-0.3, -0.25) is 14.7 Å². The van der Waals surface area contributed by atoms with E-state index in [-0.39, 0.29) is 18.2 Å². The molecule has 1 atom stereocenters. The van der Waals surface area contributed by atoms with Crippen LogP contribution < -0.4 is 10.1 Å². The van der Waals surface area contributed by atoms with Crippen molar-refractivity contribution < 1.29 is 32.2 Å². The van der Waals surface area contributed by atoms with Crippen LogP contribution in [0.2, 0.25) is 0 Å². The molecule has 1 saturated heterocycles. The lowest BCUT2D eigenvalue weighted by Gasteiger charge is -2.28. The van der Waals surface area contributed by atoms with Crippen LogP contribution in [-0.2, 0) is 16.1 Å². The summed E-state index contributed by atoms with van der Waals surface area (Å²) < 4.78 is 46.2. The van der Waals surface area contributed by atoms with Crippen LogP contribution in [0.4, 0.5) is 18.0 Å². The summed E-state index contributed by atoms with van der Waals surface area (Å²) in [6.07, 6.45) is -2.44. The van der Waals surface area contributed by atoms with E-state index in [4.69, 9.17) is 4.74 Å². The van der Waals surface area contributed by atoms with Crippen molar-refractivity contribution >= 4 is 12.0 Å². The van der Waals surface area contributed by atoms with E-state index in [1.165, 1.54) is 29.2 Å². The molecule has 0 saturated carbocycles. The standard InChI is InChI=1S/C23H26F3N3O4/c1-22(2,3)33-21(31)29-12-4-5-19(29)20(30)28-14-15-10-11-27-18(13-15)16-6-8-17(9-7-16)32-23(24,25)26/h6-11,13,19H,4-5,12,14H2,1-3H3,(H,28,30). The zero-order chi connectivity index (χ0) is 24.2. The van der Waals surface area contributed by atoms with Crippen LogP contribution in [0.15, 0.2) is 42.6 Å². The Morgan fingerprint density at radius 1 is 1.15 bits per heavy atom. The first kappa shape index (κ1) is 24.3. The van der Waals surface area contributed by atoms with Crippen LogP contribution in [0.5, 0.6) is 5.75 Å². The Kier molecular flexibility index (Phi) is 7.14. The van der Waals surface area contributed by atoms with Crippen molar-refractivity contribution in [3.05, 3.63) is 48.2 Å². The number of amides is 2. The Morgan fingerprint density at radius 3 is 2.48 bits per heavy atom. The second kappa shape index (κ2) is 9.68. The van der Waals surface area contributed by atoms with Gasteiger partial charge in [-0.2, -0.15) is 0 Å². The molecule has 10 heteroatoms. The number of nitrogens with one attached hydrogen (secondary N) is 1. The van der Waals surface area contributed by atoms with Gasteiger partial charge in [-0.15, -0.1) is 13.2 Å². The number of aromatic nitrogens is 1.